The lowest BCUT2D eigenvalue weighted by Crippen LogP contribution is -2.32. The number of carbonyl (C=O) groups excluding carboxylic acids is 1. The summed E-state index contributed by atoms with van der Waals surface area (Å²) in [6.07, 6.45) is 0.858. The number of likely N-dealkylation sites (N-methyl/N-ethyl adjacent to an activating group) is 1. The van der Waals surface area contributed by atoms with Crippen molar-refractivity contribution in [2.45, 2.75) is 12.8 Å². The average molecular weight is 251 g/mol. The van der Waals surface area contributed by atoms with Gasteiger partial charge in [-0.2, -0.15) is 0 Å². The highest BCUT2D eigenvalue weighted by atomic mass is 16.5. The van der Waals surface area contributed by atoms with E-state index in [0.717, 1.165) is 11.3 Å². The van der Waals surface area contributed by atoms with Crippen molar-refractivity contribution in [3.63, 3.8) is 0 Å². The van der Waals surface area contributed by atoms with Crippen LogP contribution >= 0.6 is 0 Å². The molecule has 0 fully saturated rings. The Hall–Kier alpha value is -2.04. The molecule has 0 atom stereocenters. The van der Waals surface area contributed by atoms with Gasteiger partial charge in [0.15, 0.2) is 0 Å². The van der Waals surface area contributed by atoms with Gasteiger partial charge in [-0.05, 0) is 24.1 Å². The van der Waals surface area contributed by atoms with Crippen molar-refractivity contribution in [3.05, 3.63) is 29.8 Å². The van der Waals surface area contributed by atoms with Gasteiger partial charge in [-0.1, -0.05) is 12.1 Å². The molecule has 1 amide bonds. The summed E-state index contributed by atoms with van der Waals surface area (Å²) in [6.45, 7) is -0.267. The first kappa shape index (κ1) is 14.0. The Morgan fingerprint density at radius 1 is 1.39 bits per heavy atom. The van der Waals surface area contributed by atoms with Crippen LogP contribution in [-0.2, 0) is 16.0 Å². The standard InChI is InChI=1S/C13H17NO4/c1-14(9-13(16)17)12(15)7-6-10-4-3-5-11(8-10)18-2/h3-5,8H,6-7,9H2,1-2H3,(H,16,17). The van der Waals surface area contributed by atoms with E-state index in [0.29, 0.717) is 6.42 Å². The lowest BCUT2D eigenvalue weighted by Gasteiger charge is -2.14. The van der Waals surface area contributed by atoms with Crippen LogP contribution in [-0.4, -0.2) is 42.6 Å². The van der Waals surface area contributed by atoms with Crippen LogP contribution in [0.15, 0.2) is 24.3 Å². The van der Waals surface area contributed by atoms with E-state index in [1.807, 2.05) is 24.3 Å². The Kier molecular flexibility index (Phi) is 5.17. The van der Waals surface area contributed by atoms with E-state index in [1.165, 1.54) is 11.9 Å². The zero-order chi connectivity index (χ0) is 13.5. The number of hydrogen-bond acceptors (Lipinski definition) is 3. The Morgan fingerprint density at radius 2 is 2.11 bits per heavy atom. The number of benzene rings is 1. The van der Waals surface area contributed by atoms with Crippen molar-refractivity contribution in [1.82, 2.24) is 4.90 Å². The number of hydrogen-bond donors (Lipinski definition) is 1. The summed E-state index contributed by atoms with van der Waals surface area (Å²) in [5.41, 5.74) is 0.992. The SMILES string of the molecule is COc1cccc(CCC(=O)N(C)CC(=O)O)c1. The monoisotopic (exact) mass is 251 g/mol. The number of aryl methyl sites for hydroxylation is 1. The smallest absolute Gasteiger partial charge is 0.323 e. The van der Waals surface area contributed by atoms with Crippen LogP contribution in [0.3, 0.4) is 0 Å². The average Bonchev–Trinajstić information content (AvgIpc) is 2.35. The number of rotatable bonds is 6. The predicted octanol–water partition coefficient (Wildman–Crippen LogP) is 1.17. The molecule has 1 aromatic rings. The van der Waals surface area contributed by atoms with Crippen molar-refractivity contribution in [3.8, 4) is 5.75 Å². The van der Waals surface area contributed by atoms with Gasteiger partial charge in [0.2, 0.25) is 5.91 Å². The predicted molar refractivity (Wildman–Crippen MR) is 66.6 cm³/mol. The van der Waals surface area contributed by atoms with E-state index in [4.69, 9.17) is 9.84 Å². The molecular formula is C13H17NO4. The number of amides is 1. The van der Waals surface area contributed by atoms with E-state index >= 15 is 0 Å². The summed E-state index contributed by atoms with van der Waals surface area (Å²) in [7, 11) is 3.08. The van der Waals surface area contributed by atoms with Crippen LogP contribution < -0.4 is 4.74 Å². The van der Waals surface area contributed by atoms with E-state index in [-0.39, 0.29) is 18.9 Å². The molecule has 0 aromatic heterocycles. The van der Waals surface area contributed by atoms with Gasteiger partial charge in [0, 0.05) is 13.5 Å². The van der Waals surface area contributed by atoms with Gasteiger partial charge >= 0.3 is 5.97 Å². The second-order valence-corrected chi connectivity index (χ2v) is 4.00. The number of carboxylic acids is 1. The van der Waals surface area contributed by atoms with Crippen LogP contribution in [0.1, 0.15) is 12.0 Å². The largest absolute Gasteiger partial charge is 0.497 e. The highest BCUT2D eigenvalue weighted by molar-refractivity contribution is 5.81. The van der Waals surface area contributed by atoms with Gasteiger partial charge in [-0.15, -0.1) is 0 Å². The number of nitrogens with zero attached hydrogens (tertiary/aromatic N) is 1. The molecule has 1 rings (SSSR count). The summed E-state index contributed by atoms with van der Waals surface area (Å²) >= 11 is 0. The first-order chi connectivity index (χ1) is 8.52. The minimum Gasteiger partial charge on any atom is -0.497 e. The Bertz CT molecular complexity index is 431. The summed E-state index contributed by atoms with van der Waals surface area (Å²) in [4.78, 5) is 23.3. The third-order valence-corrected chi connectivity index (χ3v) is 2.56. The van der Waals surface area contributed by atoms with E-state index in [2.05, 4.69) is 0 Å². The summed E-state index contributed by atoms with van der Waals surface area (Å²) in [5, 5.41) is 8.58. The molecule has 5 nitrogen and oxygen atoms in total. The molecule has 98 valence electrons. The molecule has 18 heavy (non-hydrogen) atoms. The topological polar surface area (TPSA) is 66.8 Å². The first-order valence-electron chi connectivity index (χ1n) is 5.61. The molecule has 1 aromatic carbocycles. The van der Waals surface area contributed by atoms with Gasteiger partial charge in [-0.25, -0.2) is 0 Å². The van der Waals surface area contributed by atoms with Crippen LogP contribution in [0.5, 0.6) is 5.75 Å². The molecule has 0 aliphatic rings. The van der Waals surface area contributed by atoms with Crippen molar-refractivity contribution in [1.29, 1.82) is 0 Å². The Balaban J connectivity index is 2.49. The number of carboxylic acid groups (broad SMARTS) is 1. The van der Waals surface area contributed by atoms with Crippen LogP contribution in [0.4, 0.5) is 0 Å². The van der Waals surface area contributed by atoms with Gasteiger partial charge < -0.3 is 14.7 Å². The molecule has 0 spiro atoms. The highest BCUT2D eigenvalue weighted by Gasteiger charge is 2.11. The minimum atomic E-state index is -1.01. The number of carbonyl (C=O) groups is 2. The molecule has 0 radical (unpaired) electrons. The van der Waals surface area contributed by atoms with Crippen molar-refractivity contribution >= 4 is 11.9 Å². The van der Waals surface area contributed by atoms with Crippen LogP contribution in [0, 0.1) is 0 Å². The van der Waals surface area contributed by atoms with Gasteiger partial charge in [-0.3, -0.25) is 9.59 Å². The maximum Gasteiger partial charge on any atom is 0.323 e. The van der Waals surface area contributed by atoms with Gasteiger partial charge in [0.05, 0.1) is 7.11 Å². The zero-order valence-corrected chi connectivity index (χ0v) is 10.5. The van der Waals surface area contributed by atoms with E-state index in [1.54, 1.807) is 7.11 Å². The molecule has 0 aliphatic heterocycles. The molecule has 0 heterocycles. The summed E-state index contributed by atoms with van der Waals surface area (Å²) in [5.74, 6) is -0.439. The maximum absolute atomic E-state index is 11.6. The van der Waals surface area contributed by atoms with Crippen LogP contribution in [0.2, 0.25) is 0 Å². The molecular weight excluding hydrogens is 234 g/mol. The molecule has 0 saturated carbocycles. The van der Waals surface area contributed by atoms with Crippen molar-refractivity contribution in [2.24, 2.45) is 0 Å². The van der Waals surface area contributed by atoms with Gasteiger partial charge in [0.25, 0.3) is 0 Å². The molecule has 0 unspecified atom stereocenters. The Morgan fingerprint density at radius 3 is 2.72 bits per heavy atom. The third kappa shape index (κ3) is 4.45. The number of ether oxygens (including phenoxy) is 1. The fourth-order valence-electron chi connectivity index (χ4n) is 1.56. The zero-order valence-electron chi connectivity index (χ0n) is 10.5. The molecule has 1 N–H and O–H groups in total. The second-order valence-electron chi connectivity index (χ2n) is 4.00. The van der Waals surface area contributed by atoms with Crippen molar-refractivity contribution in [2.75, 3.05) is 20.7 Å². The van der Waals surface area contributed by atoms with Crippen molar-refractivity contribution < 1.29 is 19.4 Å². The lowest BCUT2D eigenvalue weighted by molar-refractivity contribution is -0.143. The second kappa shape index (κ2) is 6.64. The fourth-order valence-corrected chi connectivity index (χ4v) is 1.56. The highest BCUT2D eigenvalue weighted by Crippen LogP contribution is 2.14. The normalized spacial score (nSPS) is 9.89. The fraction of sp³-hybridized carbons (Fsp3) is 0.385. The van der Waals surface area contributed by atoms with E-state index < -0.39 is 5.97 Å². The van der Waals surface area contributed by atoms with E-state index in [9.17, 15) is 9.59 Å². The minimum absolute atomic E-state index is 0.180. The molecule has 0 saturated heterocycles. The Labute approximate surface area is 106 Å². The lowest BCUT2D eigenvalue weighted by atomic mass is 10.1. The summed E-state index contributed by atoms with van der Waals surface area (Å²) < 4.78 is 5.09. The number of methoxy groups -OCH3 is 1. The van der Waals surface area contributed by atoms with Gasteiger partial charge in [0.1, 0.15) is 12.3 Å². The first-order valence-corrected chi connectivity index (χ1v) is 5.61. The quantitative estimate of drug-likeness (QED) is 0.824. The third-order valence-electron chi connectivity index (χ3n) is 2.56. The maximum atomic E-state index is 11.6. The number of aliphatic carboxylic acids is 1. The van der Waals surface area contributed by atoms with Crippen LogP contribution in [0.25, 0.3) is 0 Å². The molecule has 0 bridgehead atoms. The summed E-state index contributed by atoms with van der Waals surface area (Å²) in [6, 6.07) is 7.47. The molecule has 5 heteroatoms. The molecule has 0 aliphatic carbocycles.